The van der Waals surface area contributed by atoms with Gasteiger partial charge in [0, 0.05) is 23.3 Å². The highest BCUT2D eigenvalue weighted by atomic mass is 16.4. The molecule has 0 bridgehead atoms. The van der Waals surface area contributed by atoms with Crippen LogP contribution in [0.25, 0.3) is 22.4 Å². The molecule has 2 aliphatic rings. The van der Waals surface area contributed by atoms with Gasteiger partial charge in [-0.1, -0.05) is 15.0 Å². The number of nitrogens with zero attached hydrogens (tertiary/aromatic N) is 9. The number of hydrogen-bond acceptors (Lipinski definition) is 13. The van der Waals surface area contributed by atoms with Gasteiger partial charge in [0.15, 0.2) is 11.0 Å². The summed E-state index contributed by atoms with van der Waals surface area (Å²) in [5.41, 5.74) is 0.210. The van der Waals surface area contributed by atoms with Crippen molar-refractivity contribution < 1.29 is 25.6 Å². The van der Waals surface area contributed by atoms with Gasteiger partial charge in [0.05, 0.1) is 12.4 Å². The molecule has 1 aliphatic carbocycles. The predicted molar refractivity (Wildman–Crippen MR) is 123 cm³/mol. The van der Waals surface area contributed by atoms with Gasteiger partial charge in [-0.3, -0.25) is 5.10 Å². The lowest BCUT2D eigenvalue weighted by atomic mass is 10.1. The van der Waals surface area contributed by atoms with Crippen LogP contribution in [0.1, 0.15) is 11.1 Å². The molecule has 6 N–H and O–H groups in total. The van der Waals surface area contributed by atoms with E-state index in [-0.39, 0.29) is 67.6 Å². The van der Waals surface area contributed by atoms with Crippen LogP contribution in [-0.4, -0.2) is 68.3 Å². The van der Waals surface area contributed by atoms with Crippen molar-refractivity contribution in [3.63, 3.8) is 0 Å². The van der Waals surface area contributed by atoms with Crippen molar-refractivity contribution in [2.45, 2.75) is 0 Å². The van der Waals surface area contributed by atoms with Crippen molar-refractivity contribution in [3.05, 3.63) is 57.8 Å². The highest BCUT2D eigenvalue weighted by molar-refractivity contribution is 5.95. The molecule has 36 heavy (non-hydrogen) atoms. The van der Waals surface area contributed by atoms with E-state index in [1.54, 1.807) is 0 Å². The summed E-state index contributed by atoms with van der Waals surface area (Å²) in [6, 6.07) is 7.79. The van der Waals surface area contributed by atoms with Crippen molar-refractivity contribution in [2.75, 3.05) is 0 Å². The SMILES string of the molecule is O=Nc1c2[nH]n(/N=C/c3ccc(O)cc3O)nc-2/c(=N/O)c2nn(/N=C/c3ccc(O)cc3O)nc12. The van der Waals surface area contributed by atoms with Crippen LogP contribution in [0.2, 0.25) is 0 Å². The van der Waals surface area contributed by atoms with Gasteiger partial charge in [-0.2, -0.15) is 0 Å². The molecule has 0 radical (unpaired) electrons. The zero-order chi connectivity index (χ0) is 25.4. The van der Waals surface area contributed by atoms with Gasteiger partial charge in [-0.15, -0.1) is 30.4 Å². The minimum atomic E-state index is -0.236. The number of rotatable bonds is 5. The molecule has 16 heteroatoms. The first-order valence-electron chi connectivity index (χ1n) is 9.94. The molecule has 0 saturated heterocycles. The second-order valence-electron chi connectivity index (χ2n) is 7.25. The number of fused-ring (bicyclic) bond motifs is 2. The van der Waals surface area contributed by atoms with Crippen LogP contribution < -0.4 is 5.36 Å². The molecule has 1 aliphatic heterocycles. The third-order valence-electron chi connectivity index (χ3n) is 4.98. The zero-order valence-corrected chi connectivity index (χ0v) is 17.8. The van der Waals surface area contributed by atoms with Crippen LogP contribution in [0.4, 0.5) is 5.69 Å². The van der Waals surface area contributed by atoms with Crippen molar-refractivity contribution in [1.29, 1.82) is 0 Å². The van der Waals surface area contributed by atoms with E-state index in [0.29, 0.717) is 0 Å². The molecule has 0 atom stereocenters. The molecule has 0 saturated carbocycles. The van der Waals surface area contributed by atoms with Gasteiger partial charge < -0.3 is 25.6 Å². The van der Waals surface area contributed by atoms with E-state index < -0.39 is 0 Å². The summed E-state index contributed by atoms with van der Waals surface area (Å²) in [5, 5.41) is 77.3. The number of hydrogen-bond donors (Lipinski definition) is 6. The second-order valence-corrected chi connectivity index (χ2v) is 7.25. The minimum absolute atomic E-state index is 0.0149. The van der Waals surface area contributed by atoms with Crippen molar-refractivity contribution >= 4 is 29.1 Å². The molecule has 3 aromatic rings. The average molecular weight is 490 g/mol. The summed E-state index contributed by atoms with van der Waals surface area (Å²) in [4.78, 5) is 13.5. The van der Waals surface area contributed by atoms with E-state index in [2.05, 4.69) is 40.9 Å². The Morgan fingerprint density at radius 3 is 2.03 bits per heavy atom. The summed E-state index contributed by atoms with van der Waals surface area (Å²) in [5.74, 6) is -0.723. The minimum Gasteiger partial charge on any atom is -0.508 e. The normalized spacial score (nSPS) is 12.5. The summed E-state index contributed by atoms with van der Waals surface area (Å²) in [6.45, 7) is 0. The molecule has 0 spiro atoms. The highest BCUT2D eigenvalue weighted by Crippen LogP contribution is 2.32. The monoisotopic (exact) mass is 490 g/mol. The van der Waals surface area contributed by atoms with E-state index in [1.807, 2.05) is 0 Å². The smallest absolute Gasteiger partial charge is 0.165 e. The molecule has 2 heterocycles. The Labute approximate surface area is 198 Å². The van der Waals surface area contributed by atoms with Gasteiger partial charge in [0.1, 0.15) is 45.4 Å². The Balaban J connectivity index is 1.59. The van der Waals surface area contributed by atoms with E-state index in [9.17, 15) is 30.5 Å². The number of aromatic nitrogens is 6. The first-order valence-corrected chi connectivity index (χ1v) is 9.94. The first-order chi connectivity index (χ1) is 17.4. The highest BCUT2D eigenvalue weighted by Gasteiger charge is 2.25. The molecule has 0 unspecified atom stereocenters. The van der Waals surface area contributed by atoms with Crippen LogP contribution in [-0.2, 0) is 0 Å². The lowest BCUT2D eigenvalue weighted by Crippen LogP contribution is -2.10. The maximum atomic E-state index is 11.7. The van der Waals surface area contributed by atoms with Crippen LogP contribution in [0, 0.1) is 4.91 Å². The second kappa shape index (κ2) is 8.52. The maximum Gasteiger partial charge on any atom is 0.165 e. The van der Waals surface area contributed by atoms with Crippen molar-refractivity contribution in [1.82, 2.24) is 30.2 Å². The summed E-state index contributed by atoms with van der Waals surface area (Å²) >= 11 is 0. The number of phenols is 4. The lowest BCUT2D eigenvalue weighted by Gasteiger charge is -1.98. The van der Waals surface area contributed by atoms with Crippen LogP contribution >= 0.6 is 0 Å². The number of nitroso groups, excluding NO2 is 1. The summed E-state index contributed by atoms with van der Waals surface area (Å²) in [6.07, 6.45) is 2.45. The first kappa shape index (κ1) is 22.0. The van der Waals surface area contributed by atoms with Crippen LogP contribution in [0.3, 0.4) is 0 Å². The van der Waals surface area contributed by atoms with Gasteiger partial charge >= 0.3 is 0 Å². The van der Waals surface area contributed by atoms with E-state index in [0.717, 1.165) is 21.9 Å². The molecule has 2 aromatic carbocycles. The Hall–Kier alpha value is -5.80. The standard InChI is InChI=1S/C20H14N10O6/c31-11-3-1-9(13(33)5-11)7-21-29-23-15-16(24-29)20(28-36)18-17(19(15)27-35)25-30(26-18)22-8-10-2-4-12(32)6-14(10)34/h1-8,23,31-34,36H/b21-7+,22-8+,28-20-. The molecule has 0 fully saturated rings. The number of phenolic OH excluding ortho intramolecular Hbond substituents is 4. The average Bonchev–Trinajstić information content (AvgIpc) is 3.45. The van der Waals surface area contributed by atoms with E-state index in [4.69, 9.17) is 0 Å². The third kappa shape index (κ3) is 3.79. The molecule has 5 rings (SSSR count). The van der Waals surface area contributed by atoms with Gasteiger partial charge in [0.2, 0.25) is 0 Å². The van der Waals surface area contributed by atoms with Gasteiger partial charge in [-0.25, -0.2) is 0 Å². The molecular formula is C20H14N10O6. The fourth-order valence-electron chi connectivity index (χ4n) is 3.30. The van der Waals surface area contributed by atoms with Crippen molar-refractivity contribution in [2.24, 2.45) is 20.5 Å². The molecule has 16 nitrogen and oxygen atoms in total. The Morgan fingerprint density at radius 2 is 1.44 bits per heavy atom. The number of benzene rings is 3. The summed E-state index contributed by atoms with van der Waals surface area (Å²) < 4.78 is 0. The Bertz CT molecular complexity index is 1670. The van der Waals surface area contributed by atoms with Gasteiger partial charge in [0.25, 0.3) is 0 Å². The van der Waals surface area contributed by atoms with Crippen LogP contribution in [0.15, 0.2) is 56.9 Å². The predicted octanol–water partition coefficient (Wildman–Crippen LogP) is 1.34. The van der Waals surface area contributed by atoms with Gasteiger partial charge in [-0.05, 0) is 29.4 Å². The molecule has 180 valence electrons. The van der Waals surface area contributed by atoms with Crippen LogP contribution in [0.5, 0.6) is 23.0 Å². The number of aromatic hydroxyl groups is 4. The summed E-state index contributed by atoms with van der Waals surface area (Å²) in [7, 11) is 0. The quantitative estimate of drug-likeness (QED) is 0.0901. The fraction of sp³-hybridized carbons (Fsp3) is 0. The van der Waals surface area contributed by atoms with E-state index >= 15 is 0 Å². The van der Waals surface area contributed by atoms with E-state index in [1.165, 1.54) is 36.7 Å². The third-order valence-corrected chi connectivity index (χ3v) is 4.98. The topological polar surface area (TPSA) is 232 Å². The Morgan fingerprint density at radius 1 is 0.833 bits per heavy atom. The number of aromatic amines is 1. The maximum absolute atomic E-state index is 11.7. The number of H-pyrrole nitrogens is 1. The number of nitrogens with one attached hydrogen (secondary N) is 1. The van der Waals surface area contributed by atoms with Crippen molar-refractivity contribution in [3.8, 4) is 34.4 Å². The largest absolute Gasteiger partial charge is 0.508 e. The zero-order valence-electron chi connectivity index (χ0n) is 17.8. The lowest BCUT2D eigenvalue weighted by molar-refractivity contribution is 0.302. The Kier molecular flexibility index (Phi) is 5.21. The molecule has 0 amide bonds. The molecular weight excluding hydrogens is 476 g/mol. The fourth-order valence-corrected chi connectivity index (χ4v) is 3.30. The molecule has 1 aromatic heterocycles.